The summed E-state index contributed by atoms with van der Waals surface area (Å²) < 4.78 is 27.4. The zero-order valence-electron chi connectivity index (χ0n) is 8.70. The number of halogens is 3. The topological polar surface area (TPSA) is 20.2 Å². The third-order valence-electron chi connectivity index (χ3n) is 2.42. The number of aliphatic hydroxyl groups is 1. The Labute approximate surface area is 111 Å². The zero-order valence-corrected chi connectivity index (χ0v) is 10.9. The summed E-state index contributed by atoms with van der Waals surface area (Å²) >= 11 is 2.09. The molecule has 88 valence electrons. The van der Waals surface area contributed by atoms with Crippen molar-refractivity contribution in [2.45, 2.75) is 6.10 Å². The van der Waals surface area contributed by atoms with Crippen LogP contribution in [0.1, 0.15) is 17.2 Å². The van der Waals surface area contributed by atoms with Crippen LogP contribution in [0, 0.1) is 15.2 Å². The van der Waals surface area contributed by atoms with Gasteiger partial charge in [-0.3, -0.25) is 0 Å². The molecule has 0 spiro atoms. The number of hydrogen-bond donors (Lipinski definition) is 1. The van der Waals surface area contributed by atoms with Crippen LogP contribution in [0.3, 0.4) is 0 Å². The molecule has 4 heteroatoms. The lowest BCUT2D eigenvalue weighted by Gasteiger charge is -2.12. The van der Waals surface area contributed by atoms with Gasteiger partial charge in [-0.05, 0) is 58.5 Å². The third-order valence-corrected chi connectivity index (χ3v) is 3.09. The molecule has 0 saturated carbocycles. The molecule has 2 rings (SSSR count). The van der Waals surface area contributed by atoms with Crippen molar-refractivity contribution < 1.29 is 13.9 Å². The number of hydrogen-bond acceptors (Lipinski definition) is 1. The van der Waals surface area contributed by atoms with Gasteiger partial charge >= 0.3 is 0 Å². The fourth-order valence-corrected chi connectivity index (χ4v) is 2.15. The maximum Gasteiger partial charge on any atom is 0.129 e. The van der Waals surface area contributed by atoms with Crippen LogP contribution in [0.5, 0.6) is 0 Å². The summed E-state index contributed by atoms with van der Waals surface area (Å²) in [5, 5.41) is 10.0. The molecule has 0 amide bonds. The van der Waals surface area contributed by atoms with Gasteiger partial charge in [0.1, 0.15) is 17.7 Å². The predicted molar refractivity (Wildman–Crippen MR) is 69.6 cm³/mol. The minimum Gasteiger partial charge on any atom is -0.384 e. The maximum atomic E-state index is 13.5. The van der Waals surface area contributed by atoms with E-state index in [1.807, 2.05) is 6.07 Å². The molecular weight excluding hydrogens is 337 g/mol. The summed E-state index contributed by atoms with van der Waals surface area (Å²) in [4.78, 5) is 0. The van der Waals surface area contributed by atoms with E-state index < -0.39 is 17.7 Å². The highest BCUT2D eigenvalue weighted by Crippen LogP contribution is 2.25. The normalized spacial score (nSPS) is 12.5. The first kappa shape index (κ1) is 12.4. The van der Waals surface area contributed by atoms with E-state index in [0.29, 0.717) is 5.56 Å². The summed E-state index contributed by atoms with van der Waals surface area (Å²) in [5.41, 5.74) is 0.494. The van der Waals surface area contributed by atoms with Crippen molar-refractivity contribution in [3.8, 4) is 0 Å². The zero-order chi connectivity index (χ0) is 12.4. The first-order valence-electron chi connectivity index (χ1n) is 4.96. The molecule has 0 saturated heterocycles. The molecule has 1 nitrogen and oxygen atoms in total. The Morgan fingerprint density at radius 1 is 1.06 bits per heavy atom. The molecule has 1 atom stereocenters. The average Bonchev–Trinajstić information content (AvgIpc) is 2.31. The Morgan fingerprint density at radius 3 is 2.53 bits per heavy atom. The summed E-state index contributed by atoms with van der Waals surface area (Å²) in [7, 11) is 0. The standard InChI is InChI=1S/C13H9F2IO/c14-9-4-5-12(15)11(7-9)13(17)8-2-1-3-10(16)6-8/h1-7,13,17H. The minimum atomic E-state index is -1.15. The average molecular weight is 346 g/mol. The van der Waals surface area contributed by atoms with E-state index in [4.69, 9.17) is 0 Å². The van der Waals surface area contributed by atoms with Crippen LogP contribution < -0.4 is 0 Å². The monoisotopic (exact) mass is 346 g/mol. The third kappa shape index (κ3) is 2.81. The summed E-state index contributed by atoms with van der Waals surface area (Å²) in [6.45, 7) is 0. The van der Waals surface area contributed by atoms with Gasteiger partial charge in [-0.25, -0.2) is 8.78 Å². The Balaban J connectivity index is 2.43. The lowest BCUT2D eigenvalue weighted by atomic mass is 10.0. The highest BCUT2D eigenvalue weighted by molar-refractivity contribution is 14.1. The molecule has 0 bridgehead atoms. The van der Waals surface area contributed by atoms with Gasteiger partial charge in [-0.1, -0.05) is 12.1 Å². The Hall–Kier alpha value is -1.01. The Morgan fingerprint density at radius 2 is 1.82 bits per heavy atom. The van der Waals surface area contributed by atoms with Crippen LogP contribution in [0.15, 0.2) is 42.5 Å². The minimum absolute atomic E-state index is 0.0491. The van der Waals surface area contributed by atoms with Crippen molar-refractivity contribution in [1.29, 1.82) is 0 Å². The lowest BCUT2D eigenvalue weighted by molar-refractivity contribution is 0.214. The van der Waals surface area contributed by atoms with E-state index >= 15 is 0 Å². The second kappa shape index (κ2) is 5.10. The van der Waals surface area contributed by atoms with Crippen molar-refractivity contribution in [3.05, 3.63) is 68.8 Å². The number of rotatable bonds is 2. The van der Waals surface area contributed by atoms with E-state index in [2.05, 4.69) is 22.6 Å². The van der Waals surface area contributed by atoms with Gasteiger partial charge in [0.2, 0.25) is 0 Å². The Bertz CT molecular complexity index is 543. The van der Waals surface area contributed by atoms with Crippen molar-refractivity contribution in [1.82, 2.24) is 0 Å². The lowest BCUT2D eigenvalue weighted by Crippen LogP contribution is -2.03. The smallest absolute Gasteiger partial charge is 0.129 e. The molecule has 0 aromatic heterocycles. The summed E-state index contributed by atoms with van der Waals surface area (Å²) in [5.74, 6) is -1.18. The molecule has 0 aliphatic heterocycles. The van der Waals surface area contributed by atoms with E-state index in [0.717, 1.165) is 21.8 Å². The first-order chi connectivity index (χ1) is 8.08. The molecule has 0 aliphatic carbocycles. The van der Waals surface area contributed by atoms with Crippen molar-refractivity contribution >= 4 is 22.6 Å². The number of benzene rings is 2. The predicted octanol–water partition coefficient (Wildman–Crippen LogP) is 3.65. The quantitative estimate of drug-likeness (QED) is 0.823. The fraction of sp³-hybridized carbons (Fsp3) is 0.0769. The molecular formula is C13H9F2IO. The second-order valence-electron chi connectivity index (χ2n) is 3.62. The Kier molecular flexibility index (Phi) is 3.73. The molecule has 0 aliphatic rings. The summed E-state index contributed by atoms with van der Waals surface area (Å²) in [6.07, 6.45) is -1.15. The van der Waals surface area contributed by atoms with Crippen LogP contribution in [-0.2, 0) is 0 Å². The highest BCUT2D eigenvalue weighted by atomic mass is 127. The van der Waals surface area contributed by atoms with Gasteiger partial charge in [0.25, 0.3) is 0 Å². The van der Waals surface area contributed by atoms with Crippen LogP contribution in [0.4, 0.5) is 8.78 Å². The van der Waals surface area contributed by atoms with Crippen molar-refractivity contribution in [3.63, 3.8) is 0 Å². The fourth-order valence-electron chi connectivity index (χ4n) is 1.58. The van der Waals surface area contributed by atoms with E-state index in [9.17, 15) is 13.9 Å². The highest BCUT2D eigenvalue weighted by Gasteiger charge is 2.15. The van der Waals surface area contributed by atoms with Crippen molar-refractivity contribution in [2.24, 2.45) is 0 Å². The van der Waals surface area contributed by atoms with Gasteiger partial charge in [-0.2, -0.15) is 0 Å². The molecule has 17 heavy (non-hydrogen) atoms. The van der Waals surface area contributed by atoms with Crippen LogP contribution >= 0.6 is 22.6 Å². The molecule has 0 fully saturated rings. The molecule has 0 heterocycles. The van der Waals surface area contributed by atoms with Crippen LogP contribution in [-0.4, -0.2) is 5.11 Å². The van der Waals surface area contributed by atoms with E-state index in [1.165, 1.54) is 0 Å². The largest absolute Gasteiger partial charge is 0.384 e. The maximum absolute atomic E-state index is 13.5. The second-order valence-corrected chi connectivity index (χ2v) is 4.87. The first-order valence-corrected chi connectivity index (χ1v) is 6.04. The van der Waals surface area contributed by atoms with Crippen molar-refractivity contribution in [2.75, 3.05) is 0 Å². The molecule has 1 N–H and O–H groups in total. The SMILES string of the molecule is OC(c1cccc(I)c1)c1cc(F)ccc1F. The van der Waals surface area contributed by atoms with Gasteiger partial charge in [0.15, 0.2) is 0 Å². The van der Waals surface area contributed by atoms with Gasteiger partial charge in [-0.15, -0.1) is 0 Å². The molecule has 0 radical (unpaired) electrons. The molecule has 2 aromatic carbocycles. The molecule has 1 unspecified atom stereocenters. The van der Waals surface area contributed by atoms with Crippen LogP contribution in [0.2, 0.25) is 0 Å². The molecule has 2 aromatic rings. The van der Waals surface area contributed by atoms with E-state index in [1.54, 1.807) is 18.2 Å². The van der Waals surface area contributed by atoms with Gasteiger partial charge in [0, 0.05) is 9.13 Å². The van der Waals surface area contributed by atoms with Gasteiger partial charge < -0.3 is 5.11 Å². The van der Waals surface area contributed by atoms with E-state index in [-0.39, 0.29) is 5.56 Å². The van der Waals surface area contributed by atoms with Crippen LogP contribution in [0.25, 0.3) is 0 Å². The van der Waals surface area contributed by atoms with Gasteiger partial charge in [0.05, 0.1) is 0 Å². The number of aliphatic hydroxyl groups excluding tert-OH is 1. The summed E-state index contributed by atoms with van der Waals surface area (Å²) in [6, 6.07) is 10.1.